The number of nitrogens with two attached hydrogens (primary N) is 2. The number of carbonyl (C=O) groups is 1. The van der Waals surface area contributed by atoms with Crippen molar-refractivity contribution < 1.29 is 4.79 Å². The van der Waals surface area contributed by atoms with Gasteiger partial charge in [-0.25, -0.2) is 0 Å². The van der Waals surface area contributed by atoms with Crippen LogP contribution in [0.25, 0.3) is 0 Å². The molecule has 1 atom stereocenters. The first-order valence-electron chi connectivity index (χ1n) is 5.91. The maximum atomic E-state index is 12.0. The van der Waals surface area contributed by atoms with E-state index in [-0.39, 0.29) is 11.9 Å². The van der Waals surface area contributed by atoms with Gasteiger partial charge in [0.05, 0.1) is 0 Å². The van der Waals surface area contributed by atoms with E-state index < -0.39 is 0 Å². The van der Waals surface area contributed by atoms with Crippen LogP contribution in [0, 0.1) is 5.92 Å². The summed E-state index contributed by atoms with van der Waals surface area (Å²) in [7, 11) is 0. The zero-order valence-corrected chi connectivity index (χ0v) is 10.7. The molecule has 1 aromatic carbocycles. The predicted molar refractivity (Wildman–Crippen MR) is 71.7 cm³/mol. The van der Waals surface area contributed by atoms with Crippen LogP contribution in [0.1, 0.15) is 37.6 Å². The minimum absolute atomic E-state index is 0.121. The van der Waals surface area contributed by atoms with Crippen LogP contribution < -0.4 is 16.8 Å². The van der Waals surface area contributed by atoms with Gasteiger partial charge in [-0.3, -0.25) is 4.79 Å². The van der Waals surface area contributed by atoms with E-state index in [0.29, 0.717) is 22.9 Å². The van der Waals surface area contributed by atoms with Gasteiger partial charge in [0.2, 0.25) is 0 Å². The van der Waals surface area contributed by atoms with Crippen molar-refractivity contribution in [3.63, 3.8) is 0 Å². The lowest BCUT2D eigenvalue weighted by atomic mass is 10.0. The third-order valence-electron chi connectivity index (χ3n) is 2.80. The molecule has 4 heteroatoms. The van der Waals surface area contributed by atoms with E-state index in [9.17, 15) is 4.79 Å². The molecule has 0 bridgehead atoms. The number of hydrogen-bond donors (Lipinski definition) is 3. The second-order valence-electron chi connectivity index (χ2n) is 4.62. The Hall–Kier alpha value is -1.71. The van der Waals surface area contributed by atoms with Crippen molar-refractivity contribution in [1.29, 1.82) is 0 Å². The van der Waals surface area contributed by atoms with Crippen LogP contribution in [0.15, 0.2) is 18.2 Å². The Balaban J connectivity index is 2.82. The van der Waals surface area contributed by atoms with Gasteiger partial charge in [0.1, 0.15) is 0 Å². The van der Waals surface area contributed by atoms with Crippen molar-refractivity contribution in [1.82, 2.24) is 5.32 Å². The Kier molecular flexibility index (Phi) is 4.37. The Morgan fingerprint density at radius 3 is 2.18 bits per heavy atom. The van der Waals surface area contributed by atoms with Crippen LogP contribution >= 0.6 is 0 Å². The fourth-order valence-electron chi connectivity index (χ4n) is 1.80. The fourth-order valence-corrected chi connectivity index (χ4v) is 1.80. The molecule has 0 aromatic heterocycles. The van der Waals surface area contributed by atoms with Gasteiger partial charge < -0.3 is 16.8 Å². The molecule has 1 amide bonds. The van der Waals surface area contributed by atoms with E-state index in [1.165, 1.54) is 0 Å². The minimum Gasteiger partial charge on any atom is -0.399 e. The molecule has 17 heavy (non-hydrogen) atoms. The monoisotopic (exact) mass is 235 g/mol. The third-order valence-corrected chi connectivity index (χ3v) is 2.80. The van der Waals surface area contributed by atoms with Gasteiger partial charge in [-0.1, -0.05) is 20.8 Å². The molecule has 0 aliphatic heterocycles. The summed E-state index contributed by atoms with van der Waals surface area (Å²) in [5.74, 6) is 0.284. The molecule has 0 aliphatic carbocycles. The first-order valence-corrected chi connectivity index (χ1v) is 5.91. The first kappa shape index (κ1) is 13.4. The normalized spacial score (nSPS) is 12.5. The van der Waals surface area contributed by atoms with Crippen molar-refractivity contribution in [2.75, 3.05) is 11.5 Å². The quantitative estimate of drug-likeness (QED) is 0.698. The third kappa shape index (κ3) is 3.66. The number of anilines is 2. The summed E-state index contributed by atoms with van der Waals surface area (Å²) in [5, 5.41) is 2.99. The Bertz CT molecular complexity index is 381. The maximum absolute atomic E-state index is 12.0. The van der Waals surface area contributed by atoms with Crippen LogP contribution in [0.4, 0.5) is 11.4 Å². The predicted octanol–water partition coefficient (Wildman–Crippen LogP) is 2.02. The number of rotatable bonds is 4. The molecule has 1 rings (SSSR count). The summed E-state index contributed by atoms with van der Waals surface area (Å²) in [6.45, 7) is 6.23. The second kappa shape index (κ2) is 5.57. The number of carbonyl (C=O) groups excluding carboxylic acids is 1. The highest BCUT2D eigenvalue weighted by molar-refractivity contribution is 5.96. The van der Waals surface area contributed by atoms with E-state index in [1.807, 2.05) is 0 Å². The second-order valence-corrected chi connectivity index (χ2v) is 4.62. The molecule has 0 aliphatic rings. The summed E-state index contributed by atoms with van der Waals surface area (Å²) in [4.78, 5) is 12.0. The number of nitrogens with one attached hydrogen (secondary N) is 1. The molecule has 94 valence electrons. The largest absolute Gasteiger partial charge is 0.399 e. The van der Waals surface area contributed by atoms with E-state index in [1.54, 1.807) is 18.2 Å². The molecule has 0 spiro atoms. The van der Waals surface area contributed by atoms with E-state index >= 15 is 0 Å². The van der Waals surface area contributed by atoms with E-state index in [0.717, 1.165) is 6.42 Å². The van der Waals surface area contributed by atoms with Crippen molar-refractivity contribution >= 4 is 17.3 Å². The Morgan fingerprint density at radius 1 is 1.24 bits per heavy atom. The van der Waals surface area contributed by atoms with Crippen molar-refractivity contribution in [2.45, 2.75) is 33.2 Å². The standard InChI is InChI=1S/C13H21N3O/c1-4-12(8(2)3)16-13(17)9-5-10(14)7-11(15)6-9/h5-8,12H,4,14-15H2,1-3H3,(H,16,17). The van der Waals surface area contributed by atoms with Crippen molar-refractivity contribution in [3.8, 4) is 0 Å². The van der Waals surface area contributed by atoms with Crippen LogP contribution in [0.3, 0.4) is 0 Å². The molecule has 1 unspecified atom stereocenters. The van der Waals surface area contributed by atoms with Gasteiger partial charge >= 0.3 is 0 Å². The fraction of sp³-hybridized carbons (Fsp3) is 0.462. The summed E-state index contributed by atoms with van der Waals surface area (Å²) in [5.41, 5.74) is 12.9. The number of benzene rings is 1. The van der Waals surface area contributed by atoms with Crippen molar-refractivity contribution in [2.24, 2.45) is 5.92 Å². The summed E-state index contributed by atoms with van der Waals surface area (Å²) >= 11 is 0. The average Bonchev–Trinajstić information content (AvgIpc) is 2.23. The molecule has 0 saturated carbocycles. The highest BCUT2D eigenvalue weighted by Gasteiger charge is 2.15. The first-order chi connectivity index (χ1) is 7.93. The average molecular weight is 235 g/mol. The molecule has 4 nitrogen and oxygen atoms in total. The molecule has 0 radical (unpaired) electrons. The zero-order chi connectivity index (χ0) is 13.0. The molecule has 5 N–H and O–H groups in total. The van der Waals surface area contributed by atoms with Gasteiger partial charge in [0, 0.05) is 23.0 Å². The van der Waals surface area contributed by atoms with E-state index in [2.05, 4.69) is 26.1 Å². The molecule has 1 aromatic rings. The summed E-state index contributed by atoms with van der Waals surface area (Å²) < 4.78 is 0. The molecule has 0 saturated heterocycles. The van der Waals surface area contributed by atoms with Crippen LogP contribution in [0.5, 0.6) is 0 Å². The Labute approximate surface area is 102 Å². The SMILES string of the molecule is CCC(NC(=O)c1cc(N)cc(N)c1)C(C)C. The van der Waals surface area contributed by atoms with Crippen LogP contribution in [-0.2, 0) is 0 Å². The highest BCUT2D eigenvalue weighted by Crippen LogP contribution is 2.14. The highest BCUT2D eigenvalue weighted by atomic mass is 16.1. The van der Waals surface area contributed by atoms with Gasteiger partial charge in [-0.15, -0.1) is 0 Å². The van der Waals surface area contributed by atoms with Crippen LogP contribution in [0.2, 0.25) is 0 Å². The molecular formula is C13H21N3O. The smallest absolute Gasteiger partial charge is 0.251 e. The van der Waals surface area contributed by atoms with E-state index in [4.69, 9.17) is 11.5 Å². The van der Waals surface area contributed by atoms with Crippen molar-refractivity contribution in [3.05, 3.63) is 23.8 Å². The summed E-state index contributed by atoms with van der Waals surface area (Å²) in [6.07, 6.45) is 0.904. The lowest BCUT2D eigenvalue weighted by Crippen LogP contribution is -2.38. The van der Waals surface area contributed by atoms with Gasteiger partial charge in [-0.05, 0) is 30.5 Å². The topological polar surface area (TPSA) is 81.1 Å². The zero-order valence-electron chi connectivity index (χ0n) is 10.7. The number of hydrogen-bond acceptors (Lipinski definition) is 3. The lowest BCUT2D eigenvalue weighted by molar-refractivity contribution is 0.0924. The van der Waals surface area contributed by atoms with Crippen LogP contribution in [-0.4, -0.2) is 11.9 Å². The summed E-state index contributed by atoms with van der Waals surface area (Å²) in [6, 6.07) is 5.08. The number of amides is 1. The van der Waals surface area contributed by atoms with Gasteiger partial charge in [0.15, 0.2) is 0 Å². The molecule has 0 heterocycles. The van der Waals surface area contributed by atoms with Gasteiger partial charge in [0.25, 0.3) is 5.91 Å². The Morgan fingerprint density at radius 2 is 1.76 bits per heavy atom. The van der Waals surface area contributed by atoms with Gasteiger partial charge in [-0.2, -0.15) is 0 Å². The molecular weight excluding hydrogens is 214 g/mol. The lowest BCUT2D eigenvalue weighted by Gasteiger charge is -2.20. The molecule has 0 fully saturated rings. The minimum atomic E-state index is -0.121. The maximum Gasteiger partial charge on any atom is 0.251 e. The number of nitrogen functional groups attached to an aromatic ring is 2.